The first-order chi connectivity index (χ1) is 5.16. The molecule has 0 aromatic carbocycles. The molecule has 0 aliphatic heterocycles. The molecule has 0 heterocycles. The van der Waals surface area contributed by atoms with E-state index in [0.29, 0.717) is 0 Å². The SMILES string of the molecule is C#C/C=N/C(C)=C\N=C(C)C. The van der Waals surface area contributed by atoms with Crippen molar-refractivity contribution >= 4 is 11.9 Å². The highest BCUT2D eigenvalue weighted by atomic mass is 14.8. The maximum Gasteiger partial charge on any atom is 0.0767 e. The standard InChI is InChI=1S/C9H12N2/c1-5-6-10-9(4)7-11-8(2)3/h1,6-7H,2-4H3/b9-7-,10-6+. The Morgan fingerprint density at radius 3 is 2.45 bits per heavy atom. The number of hydrogen-bond acceptors (Lipinski definition) is 2. The summed E-state index contributed by atoms with van der Waals surface area (Å²) in [6.45, 7) is 5.70. The van der Waals surface area contributed by atoms with E-state index in [1.807, 2.05) is 20.8 Å². The smallest absolute Gasteiger partial charge is 0.0767 e. The molecule has 0 amide bonds. The van der Waals surface area contributed by atoms with Gasteiger partial charge >= 0.3 is 0 Å². The quantitative estimate of drug-likeness (QED) is 0.423. The van der Waals surface area contributed by atoms with Crippen molar-refractivity contribution in [2.45, 2.75) is 20.8 Å². The fraction of sp³-hybridized carbons (Fsp3) is 0.333. The van der Waals surface area contributed by atoms with E-state index in [1.165, 1.54) is 6.21 Å². The Labute approximate surface area is 67.8 Å². The van der Waals surface area contributed by atoms with Crippen LogP contribution in [-0.4, -0.2) is 11.9 Å². The topological polar surface area (TPSA) is 24.7 Å². The van der Waals surface area contributed by atoms with Gasteiger partial charge in [0.1, 0.15) is 0 Å². The second kappa shape index (κ2) is 5.43. The second-order valence-corrected chi connectivity index (χ2v) is 2.27. The van der Waals surface area contributed by atoms with Crippen LogP contribution in [0.25, 0.3) is 0 Å². The molecule has 0 aromatic rings. The highest BCUT2D eigenvalue weighted by molar-refractivity contribution is 5.80. The van der Waals surface area contributed by atoms with Gasteiger partial charge in [0.2, 0.25) is 0 Å². The van der Waals surface area contributed by atoms with Crippen molar-refractivity contribution in [2.75, 3.05) is 0 Å². The first-order valence-corrected chi connectivity index (χ1v) is 3.33. The van der Waals surface area contributed by atoms with Crippen molar-refractivity contribution in [3.63, 3.8) is 0 Å². The third-order valence-corrected chi connectivity index (χ3v) is 0.852. The van der Waals surface area contributed by atoms with Crippen molar-refractivity contribution in [3.05, 3.63) is 11.9 Å². The third-order valence-electron chi connectivity index (χ3n) is 0.852. The maximum atomic E-state index is 4.97. The molecule has 0 aliphatic rings. The largest absolute Gasteiger partial charge is 0.264 e. The first-order valence-electron chi connectivity index (χ1n) is 3.33. The molecule has 0 fully saturated rings. The predicted octanol–water partition coefficient (Wildman–Crippen LogP) is 2.03. The molecule has 0 spiro atoms. The fourth-order valence-corrected chi connectivity index (χ4v) is 0.395. The summed E-state index contributed by atoms with van der Waals surface area (Å²) in [7, 11) is 0. The summed E-state index contributed by atoms with van der Waals surface area (Å²) in [6.07, 6.45) is 8.06. The highest BCUT2D eigenvalue weighted by Crippen LogP contribution is 1.93. The lowest BCUT2D eigenvalue weighted by Gasteiger charge is -1.86. The molecule has 0 aliphatic carbocycles. The molecule has 2 heteroatoms. The molecular weight excluding hydrogens is 136 g/mol. The molecule has 0 rings (SSSR count). The number of aliphatic imine (C=N–C) groups is 2. The van der Waals surface area contributed by atoms with E-state index in [0.717, 1.165) is 11.4 Å². The van der Waals surface area contributed by atoms with E-state index in [9.17, 15) is 0 Å². The Bertz CT molecular complexity index is 235. The Hall–Kier alpha value is -1.36. The van der Waals surface area contributed by atoms with Crippen LogP contribution in [0.1, 0.15) is 20.8 Å². The monoisotopic (exact) mass is 148 g/mol. The van der Waals surface area contributed by atoms with E-state index in [1.54, 1.807) is 6.20 Å². The maximum absolute atomic E-state index is 4.97. The summed E-state index contributed by atoms with van der Waals surface area (Å²) in [5.41, 5.74) is 1.81. The van der Waals surface area contributed by atoms with Crippen LogP contribution in [0.5, 0.6) is 0 Å². The van der Waals surface area contributed by atoms with Gasteiger partial charge in [-0.05, 0) is 20.8 Å². The van der Waals surface area contributed by atoms with Crippen molar-refractivity contribution in [3.8, 4) is 12.3 Å². The molecule has 0 saturated heterocycles. The molecule has 0 saturated carbocycles. The van der Waals surface area contributed by atoms with Gasteiger partial charge in [-0.2, -0.15) is 0 Å². The summed E-state index contributed by atoms with van der Waals surface area (Å²) in [6, 6.07) is 0. The van der Waals surface area contributed by atoms with Crippen LogP contribution in [0.15, 0.2) is 21.9 Å². The number of terminal acetylenes is 1. The lowest BCUT2D eigenvalue weighted by molar-refractivity contribution is 1.27. The molecule has 0 atom stereocenters. The molecule has 0 bridgehead atoms. The number of rotatable bonds is 2. The minimum Gasteiger partial charge on any atom is -0.264 e. The Morgan fingerprint density at radius 1 is 1.36 bits per heavy atom. The van der Waals surface area contributed by atoms with E-state index < -0.39 is 0 Å². The lowest BCUT2D eigenvalue weighted by Crippen LogP contribution is -1.77. The molecule has 58 valence electrons. The van der Waals surface area contributed by atoms with Crippen LogP contribution in [-0.2, 0) is 0 Å². The summed E-state index contributed by atoms with van der Waals surface area (Å²) < 4.78 is 0. The van der Waals surface area contributed by atoms with E-state index >= 15 is 0 Å². The molecular formula is C9H12N2. The van der Waals surface area contributed by atoms with Crippen LogP contribution >= 0.6 is 0 Å². The van der Waals surface area contributed by atoms with Crippen LogP contribution in [0.2, 0.25) is 0 Å². The van der Waals surface area contributed by atoms with Crippen LogP contribution < -0.4 is 0 Å². The summed E-state index contributed by atoms with van der Waals surface area (Å²) in [5, 5.41) is 0. The van der Waals surface area contributed by atoms with Gasteiger partial charge < -0.3 is 0 Å². The van der Waals surface area contributed by atoms with Gasteiger partial charge in [0, 0.05) is 11.9 Å². The zero-order valence-electron chi connectivity index (χ0n) is 7.13. The van der Waals surface area contributed by atoms with Gasteiger partial charge in [-0.25, -0.2) is 0 Å². The average molecular weight is 148 g/mol. The van der Waals surface area contributed by atoms with Crippen molar-refractivity contribution in [2.24, 2.45) is 9.98 Å². The zero-order valence-corrected chi connectivity index (χ0v) is 7.13. The summed E-state index contributed by atoms with van der Waals surface area (Å²) in [5.74, 6) is 2.31. The molecule has 2 nitrogen and oxygen atoms in total. The van der Waals surface area contributed by atoms with Crippen molar-refractivity contribution < 1.29 is 0 Å². The minimum atomic E-state index is 0.809. The van der Waals surface area contributed by atoms with Crippen LogP contribution in [0.3, 0.4) is 0 Å². The third kappa shape index (κ3) is 6.53. The van der Waals surface area contributed by atoms with Crippen molar-refractivity contribution in [1.29, 1.82) is 0 Å². The van der Waals surface area contributed by atoms with Crippen LogP contribution in [0.4, 0.5) is 0 Å². The van der Waals surface area contributed by atoms with Gasteiger partial charge in [0.15, 0.2) is 0 Å². The van der Waals surface area contributed by atoms with Gasteiger partial charge in [0.05, 0.1) is 11.9 Å². The Balaban J connectivity index is 4.15. The van der Waals surface area contributed by atoms with Crippen LogP contribution in [0, 0.1) is 12.3 Å². The molecule has 0 aromatic heterocycles. The van der Waals surface area contributed by atoms with E-state index in [4.69, 9.17) is 6.42 Å². The zero-order chi connectivity index (χ0) is 8.69. The van der Waals surface area contributed by atoms with Crippen molar-refractivity contribution in [1.82, 2.24) is 0 Å². The fourth-order valence-electron chi connectivity index (χ4n) is 0.395. The summed E-state index contributed by atoms with van der Waals surface area (Å²) >= 11 is 0. The Morgan fingerprint density at radius 2 is 2.00 bits per heavy atom. The molecule has 0 radical (unpaired) electrons. The average Bonchev–Trinajstić information content (AvgIpc) is 1.97. The molecule has 0 N–H and O–H groups in total. The normalized spacial score (nSPS) is 11.3. The second-order valence-electron chi connectivity index (χ2n) is 2.27. The van der Waals surface area contributed by atoms with Gasteiger partial charge in [-0.3, -0.25) is 9.98 Å². The van der Waals surface area contributed by atoms with Gasteiger partial charge in [-0.1, -0.05) is 5.92 Å². The summed E-state index contributed by atoms with van der Waals surface area (Å²) in [4.78, 5) is 7.96. The molecule has 11 heavy (non-hydrogen) atoms. The predicted molar refractivity (Wildman–Crippen MR) is 49.9 cm³/mol. The first kappa shape index (κ1) is 9.64. The number of hydrogen-bond donors (Lipinski definition) is 0. The Kier molecular flexibility index (Phi) is 4.76. The van der Waals surface area contributed by atoms with Gasteiger partial charge in [0.25, 0.3) is 0 Å². The molecule has 0 unspecified atom stereocenters. The van der Waals surface area contributed by atoms with Gasteiger partial charge in [-0.15, -0.1) is 6.42 Å². The number of allylic oxidation sites excluding steroid dienone is 1. The van der Waals surface area contributed by atoms with E-state index in [-0.39, 0.29) is 0 Å². The van der Waals surface area contributed by atoms with E-state index in [2.05, 4.69) is 15.9 Å². The number of nitrogens with zero attached hydrogens (tertiary/aromatic N) is 2. The highest BCUT2D eigenvalue weighted by Gasteiger charge is 1.78. The lowest BCUT2D eigenvalue weighted by atomic mass is 10.5. The minimum absolute atomic E-state index is 0.809.